The van der Waals surface area contributed by atoms with Gasteiger partial charge in [0.05, 0.1) is 11.5 Å². The predicted octanol–water partition coefficient (Wildman–Crippen LogP) is 1.84. The van der Waals surface area contributed by atoms with Crippen molar-refractivity contribution in [3.8, 4) is 0 Å². The molecule has 0 radical (unpaired) electrons. The highest BCUT2D eigenvalue weighted by atomic mass is 32.2. The zero-order chi connectivity index (χ0) is 15.9. The highest BCUT2D eigenvalue weighted by molar-refractivity contribution is 7.89. The van der Waals surface area contributed by atoms with Gasteiger partial charge >= 0.3 is 0 Å². The standard InChI is InChI=1S/C15H26N2O3S/c1-5-16-11-14-7-9-15(10-8-14)21(18,19)17(6-2)13(3)12-20-4/h7-10,13,16H,5-6,11-12H2,1-4H3. The molecule has 0 saturated heterocycles. The van der Waals surface area contributed by atoms with Gasteiger partial charge in [0.1, 0.15) is 0 Å². The van der Waals surface area contributed by atoms with Gasteiger partial charge in [0, 0.05) is 26.2 Å². The fourth-order valence-electron chi connectivity index (χ4n) is 2.23. The molecule has 0 saturated carbocycles. The van der Waals surface area contributed by atoms with Gasteiger partial charge in [-0.3, -0.25) is 0 Å². The normalized spacial score (nSPS) is 13.6. The van der Waals surface area contributed by atoms with Gasteiger partial charge in [-0.2, -0.15) is 4.31 Å². The third-order valence-electron chi connectivity index (χ3n) is 3.32. The molecule has 0 bridgehead atoms. The number of hydrogen-bond donors (Lipinski definition) is 1. The Balaban J connectivity index is 2.95. The molecule has 1 N–H and O–H groups in total. The Morgan fingerprint density at radius 2 is 1.86 bits per heavy atom. The summed E-state index contributed by atoms with van der Waals surface area (Å²) in [6.07, 6.45) is 0. The van der Waals surface area contributed by atoms with E-state index in [4.69, 9.17) is 4.74 Å². The van der Waals surface area contributed by atoms with Gasteiger partial charge in [0.2, 0.25) is 10.0 Å². The topological polar surface area (TPSA) is 58.6 Å². The van der Waals surface area contributed by atoms with Crippen LogP contribution in [0.1, 0.15) is 26.3 Å². The molecule has 120 valence electrons. The van der Waals surface area contributed by atoms with Crippen molar-refractivity contribution >= 4 is 10.0 Å². The molecule has 1 rings (SSSR count). The number of rotatable bonds is 9. The summed E-state index contributed by atoms with van der Waals surface area (Å²) in [7, 11) is -1.90. The number of sulfonamides is 1. The molecule has 0 amide bonds. The zero-order valence-electron chi connectivity index (χ0n) is 13.3. The molecule has 6 heteroatoms. The lowest BCUT2D eigenvalue weighted by molar-refractivity contribution is 0.142. The molecule has 0 heterocycles. The summed E-state index contributed by atoms with van der Waals surface area (Å²) in [6, 6.07) is 6.86. The summed E-state index contributed by atoms with van der Waals surface area (Å²) in [5.74, 6) is 0. The van der Waals surface area contributed by atoms with Crippen LogP contribution in [0.25, 0.3) is 0 Å². The van der Waals surface area contributed by atoms with Crippen LogP contribution >= 0.6 is 0 Å². The molecule has 0 aliphatic carbocycles. The summed E-state index contributed by atoms with van der Waals surface area (Å²) in [5.41, 5.74) is 1.07. The van der Waals surface area contributed by atoms with Crippen LogP contribution < -0.4 is 5.32 Å². The Kier molecular flexibility index (Phi) is 7.31. The minimum Gasteiger partial charge on any atom is -0.383 e. The Morgan fingerprint density at radius 3 is 2.33 bits per heavy atom. The molecular weight excluding hydrogens is 288 g/mol. The third-order valence-corrected chi connectivity index (χ3v) is 5.42. The molecule has 1 unspecified atom stereocenters. The van der Waals surface area contributed by atoms with Crippen molar-refractivity contribution in [2.45, 2.75) is 38.3 Å². The van der Waals surface area contributed by atoms with Crippen molar-refractivity contribution in [2.24, 2.45) is 0 Å². The SMILES string of the molecule is CCNCc1ccc(S(=O)(=O)N(CC)C(C)COC)cc1. The van der Waals surface area contributed by atoms with Gasteiger partial charge in [-0.25, -0.2) is 8.42 Å². The van der Waals surface area contributed by atoms with Crippen LogP contribution in [0.2, 0.25) is 0 Å². The maximum absolute atomic E-state index is 12.7. The lowest BCUT2D eigenvalue weighted by Gasteiger charge is -2.26. The maximum Gasteiger partial charge on any atom is 0.243 e. The Bertz CT molecular complexity index is 514. The second kappa shape index (κ2) is 8.48. The number of ether oxygens (including phenoxy) is 1. The maximum atomic E-state index is 12.7. The van der Waals surface area contributed by atoms with Gasteiger partial charge in [-0.05, 0) is 31.2 Å². The average molecular weight is 314 g/mol. The first-order chi connectivity index (χ1) is 9.97. The van der Waals surface area contributed by atoms with E-state index in [1.165, 1.54) is 4.31 Å². The molecule has 0 fully saturated rings. The molecule has 0 spiro atoms. The van der Waals surface area contributed by atoms with Gasteiger partial charge in [0.15, 0.2) is 0 Å². The van der Waals surface area contributed by atoms with Gasteiger partial charge in [-0.1, -0.05) is 26.0 Å². The molecule has 1 aromatic rings. The number of nitrogens with zero attached hydrogens (tertiary/aromatic N) is 1. The largest absolute Gasteiger partial charge is 0.383 e. The zero-order valence-corrected chi connectivity index (χ0v) is 14.1. The van der Waals surface area contributed by atoms with Gasteiger partial charge < -0.3 is 10.1 Å². The molecule has 0 aliphatic rings. The van der Waals surface area contributed by atoms with Crippen LogP contribution in [0.3, 0.4) is 0 Å². The molecule has 5 nitrogen and oxygen atoms in total. The monoisotopic (exact) mass is 314 g/mol. The first kappa shape index (κ1) is 18.1. The van der Waals surface area contributed by atoms with Crippen molar-refractivity contribution in [3.05, 3.63) is 29.8 Å². The minimum atomic E-state index is -3.48. The Morgan fingerprint density at radius 1 is 1.24 bits per heavy atom. The van der Waals surface area contributed by atoms with Crippen molar-refractivity contribution in [3.63, 3.8) is 0 Å². The number of nitrogens with one attached hydrogen (secondary N) is 1. The van der Waals surface area contributed by atoms with E-state index in [9.17, 15) is 8.42 Å². The van der Waals surface area contributed by atoms with E-state index < -0.39 is 10.0 Å². The van der Waals surface area contributed by atoms with Crippen molar-refractivity contribution in [1.82, 2.24) is 9.62 Å². The van der Waals surface area contributed by atoms with E-state index >= 15 is 0 Å². The van der Waals surface area contributed by atoms with Crippen molar-refractivity contribution in [1.29, 1.82) is 0 Å². The van der Waals surface area contributed by atoms with E-state index in [2.05, 4.69) is 5.32 Å². The van der Waals surface area contributed by atoms with E-state index in [-0.39, 0.29) is 6.04 Å². The first-order valence-corrected chi connectivity index (χ1v) is 8.71. The summed E-state index contributed by atoms with van der Waals surface area (Å²) in [5, 5.41) is 3.22. The van der Waals surface area contributed by atoms with E-state index in [0.717, 1.165) is 18.7 Å². The Hall–Kier alpha value is -0.950. The van der Waals surface area contributed by atoms with Crippen LogP contribution in [0.5, 0.6) is 0 Å². The molecule has 1 atom stereocenters. The summed E-state index contributed by atoms with van der Waals surface area (Å²) >= 11 is 0. The van der Waals surface area contributed by atoms with E-state index in [1.807, 2.05) is 32.9 Å². The number of hydrogen-bond acceptors (Lipinski definition) is 4. The lowest BCUT2D eigenvalue weighted by Crippen LogP contribution is -2.40. The van der Waals surface area contributed by atoms with E-state index in [0.29, 0.717) is 18.0 Å². The highest BCUT2D eigenvalue weighted by Crippen LogP contribution is 2.19. The Labute approximate surface area is 128 Å². The second-order valence-electron chi connectivity index (χ2n) is 4.94. The molecule has 1 aromatic carbocycles. The predicted molar refractivity (Wildman–Crippen MR) is 84.7 cm³/mol. The molecule has 0 aliphatic heterocycles. The second-order valence-corrected chi connectivity index (χ2v) is 6.83. The highest BCUT2D eigenvalue weighted by Gasteiger charge is 2.27. The fourth-order valence-corrected chi connectivity index (χ4v) is 3.85. The van der Waals surface area contributed by atoms with Crippen LogP contribution in [0.4, 0.5) is 0 Å². The number of likely N-dealkylation sites (N-methyl/N-ethyl adjacent to an activating group) is 1. The summed E-state index contributed by atoms with van der Waals surface area (Å²) < 4.78 is 31.9. The molecule has 0 aromatic heterocycles. The molecule has 21 heavy (non-hydrogen) atoms. The summed E-state index contributed by atoms with van der Waals surface area (Å²) in [4.78, 5) is 0.326. The van der Waals surface area contributed by atoms with Gasteiger partial charge in [-0.15, -0.1) is 0 Å². The lowest BCUT2D eigenvalue weighted by atomic mass is 10.2. The van der Waals surface area contributed by atoms with Crippen LogP contribution in [-0.4, -0.2) is 45.6 Å². The van der Waals surface area contributed by atoms with Crippen LogP contribution in [0.15, 0.2) is 29.2 Å². The van der Waals surface area contributed by atoms with Crippen LogP contribution in [-0.2, 0) is 21.3 Å². The van der Waals surface area contributed by atoms with Crippen molar-refractivity contribution in [2.75, 3.05) is 26.8 Å². The third kappa shape index (κ3) is 4.78. The van der Waals surface area contributed by atoms with Crippen molar-refractivity contribution < 1.29 is 13.2 Å². The number of methoxy groups -OCH3 is 1. The van der Waals surface area contributed by atoms with Crippen LogP contribution in [0, 0.1) is 0 Å². The average Bonchev–Trinajstić information content (AvgIpc) is 2.46. The quantitative estimate of drug-likeness (QED) is 0.755. The number of benzene rings is 1. The van der Waals surface area contributed by atoms with Gasteiger partial charge in [0.25, 0.3) is 0 Å². The molecular formula is C15H26N2O3S. The fraction of sp³-hybridized carbons (Fsp3) is 0.600. The summed E-state index contributed by atoms with van der Waals surface area (Å²) in [6.45, 7) is 8.16. The van der Waals surface area contributed by atoms with E-state index in [1.54, 1.807) is 19.2 Å². The minimum absolute atomic E-state index is 0.188. The first-order valence-electron chi connectivity index (χ1n) is 7.27. The smallest absolute Gasteiger partial charge is 0.243 e.